The normalized spacial score (nSPS) is 15.7. The van der Waals surface area contributed by atoms with Crippen molar-refractivity contribution in [1.82, 2.24) is 0 Å². The summed E-state index contributed by atoms with van der Waals surface area (Å²) in [6.45, 7) is 0. The monoisotopic (exact) mass is 598 g/mol. The van der Waals surface area contributed by atoms with Crippen molar-refractivity contribution in [2.75, 3.05) is 11.9 Å². The lowest BCUT2D eigenvalue weighted by atomic mass is 9.90. The first kappa shape index (κ1) is 29.3. The van der Waals surface area contributed by atoms with Crippen LogP contribution in [0.1, 0.15) is 36.3 Å². The number of hydrogen-bond acceptors (Lipinski definition) is 3. The van der Waals surface area contributed by atoms with Gasteiger partial charge >= 0.3 is 0 Å². The molecule has 0 spiro atoms. The third kappa shape index (κ3) is 5.74. The molecule has 46 heavy (non-hydrogen) atoms. The Kier molecular flexibility index (Phi) is 8.49. The van der Waals surface area contributed by atoms with Gasteiger partial charge in [-0.15, -0.1) is 0 Å². The predicted molar refractivity (Wildman–Crippen MR) is 195 cm³/mol. The number of anilines is 2. The molecule has 8 rings (SSSR count). The summed E-state index contributed by atoms with van der Waals surface area (Å²) < 4.78 is 6.47. The average Bonchev–Trinajstić information content (AvgIpc) is 3.53. The largest absolute Gasteiger partial charge is 0.456 e. The number of fused-ring (bicyclic) bond motifs is 3. The van der Waals surface area contributed by atoms with E-state index in [4.69, 9.17) is 4.42 Å². The number of hydrogen-bond donors (Lipinski definition) is 1. The van der Waals surface area contributed by atoms with Crippen molar-refractivity contribution in [3.05, 3.63) is 175 Å². The van der Waals surface area contributed by atoms with Crippen LogP contribution in [0.25, 0.3) is 38.6 Å². The molecule has 2 aliphatic rings. The van der Waals surface area contributed by atoms with Gasteiger partial charge in [0, 0.05) is 22.7 Å². The number of allylic oxidation sites excluding steroid dienone is 7. The van der Waals surface area contributed by atoms with E-state index >= 15 is 0 Å². The molecule has 0 saturated heterocycles. The van der Waals surface area contributed by atoms with Gasteiger partial charge in [-0.2, -0.15) is 0 Å². The molecule has 0 radical (unpaired) electrons. The maximum Gasteiger partial charge on any atom is 0.137 e. The van der Waals surface area contributed by atoms with Crippen LogP contribution in [0.2, 0.25) is 0 Å². The Morgan fingerprint density at radius 1 is 0.696 bits per heavy atom. The van der Waals surface area contributed by atoms with Gasteiger partial charge < -0.3 is 15.1 Å². The first-order valence-electron chi connectivity index (χ1n) is 16.1. The molecule has 0 fully saturated rings. The number of nitrogens with two attached hydrogens (primary N) is 1. The van der Waals surface area contributed by atoms with Crippen molar-refractivity contribution in [2.24, 2.45) is 5.73 Å². The molecule has 1 atom stereocenters. The zero-order chi connectivity index (χ0) is 31.3. The maximum absolute atomic E-state index is 6.47. The molecule has 5 aromatic carbocycles. The molecular weight excluding hydrogens is 560 g/mol. The fourth-order valence-corrected chi connectivity index (χ4v) is 6.65. The van der Waals surface area contributed by atoms with E-state index in [1.165, 1.54) is 40.6 Å². The summed E-state index contributed by atoms with van der Waals surface area (Å²) in [7, 11) is 1.50. The molecule has 2 N–H and O–H groups in total. The third-order valence-electron chi connectivity index (χ3n) is 8.87. The minimum atomic E-state index is 0.308. The lowest BCUT2D eigenvalue weighted by molar-refractivity contribution is 0.669. The standard InChI is InChI=1S/C42H33NO.CH5N/c1-4-12-30(13-5-1)33-22-25-36(26-23-33)43(37-19-10-18-34(28-37)31-14-6-2-7-15-31)39-20-11-21-41-42(39)38-29-35(24-27-40(38)44-41)32-16-8-3-9-17-32;1-2/h1-4,6-12,14-17,19-29,34H,5,13,18H2;2H2,1H3. The lowest BCUT2D eigenvalue weighted by Crippen LogP contribution is -2.18. The summed E-state index contributed by atoms with van der Waals surface area (Å²) in [4.78, 5) is 2.41. The zero-order valence-electron chi connectivity index (χ0n) is 26.1. The molecular formula is C43H38N2O. The highest BCUT2D eigenvalue weighted by atomic mass is 16.3. The van der Waals surface area contributed by atoms with Gasteiger partial charge in [0.2, 0.25) is 0 Å². The second-order valence-electron chi connectivity index (χ2n) is 11.6. The SMILES string of the molecule is C1=CCCC(c2ccc(N(C3=CC(c4ccccc4)CC=C3)c3cccc4oc5ccc(-c6ccccc6)cc5c34)cc2)=C1.CN. The number of rotatable bonds is 6. The molecule has 3 nitrogen and oxygen atoms in total. The summed E-state index contributed by atoms with van der Waals surface area (Å²) in [5.41, 5.74) is 16.1. The van der Waals surface area contributed by atoms with E-state index in [0.717, 1.165) is 52.6 Å². The van der Waals surface area contributed by atoms with Gasteiger partial charge in [0.15, 0.2) is 0 Å². The van der Waals surface area contributed by atoms with E-state index < -0.39 is 0 Å². The molecule has 3 heteroatoms. The number of benzene rings is 5. The molecule has 1 aromatic heterocycles. The van der Waals surface area contributed by atoms with Gasteiger partial charge in [0.25, 0.3) is 0 Å². The molecule has 0 bridgehead atoms. The summed E-state index contributed by atoms with van der Waals surface area (Å²) in [6.07, 6.45) is 16.8. The first-order chi connectivity index (χ1) is 22.8. The van der Waals surface area contributed by atoms with Crippen LogP contribution in [0, 0.1) is 0 Å². The van der Waals surface area contributed by atoms with E-state index in [0.29, 0.717) is 5.92 Å². The fraction of sp³-hybridized carbons (Fsp3) is 0.116. The van der Waals surface area contributed by atoms with E-state index in [9.17, 15) is 0 Å². The molecule has 2 aliphatic carbocycles. The van der Waals surface area contributed by atoms with Gasteiger partial charge in [0.05, 0.1) is 11.1 Å². The van der Waals surface area contributed by atoms with Crippen molar-refractivity contribution in [3.63, 3.8) is 0 Å². The second kappa shape index (κ2) is 13.3. The summed E-state index contributed by atoms with van der Waals surface area (Å²) in [5.74, 6) is 0.308. The Hall–Kier alpha value is -5.38. The highest BCUT2D eigenvalue weighted by Crippen LogP contribution is 2.43. The maximum atomic E-state index is 6.47. The Labute approximate surface area is 271 Å². The quantitative estimate of drug-likeness (QED) is 0.207. The van der Waals surface area contributed by atoms with Crippen LogP contribution in [0.5, 0.6) is 0 Å². The Morgan fingerprint density at radius 2 is 1.46 bits per heavy atom. The van der Waals surface area contributed by atoms with E-state index in [1.54, 1.807) is 0 Å². The average molecular weight is 599 g/mol. The van der Waals surface area contributed by atoms with Gasteiger partial charge in [-0.05, 0) is 96.6 Å². The van der Waals surface area contributed by atoms with Gasteiger partial charge in [-0.3, -0.25) is 0 Å². The molecule has 1 heterocycles. The van der Waals surface area contributed by atoms with Crippen LogP contribution in [0.3, 0.4) is 0 Å². The summed E-state index contributed by atoms with van der Waals surface area (Å²) in [5, 5.41) is 2.25. The zero-order valence-corrected chi connectivity index (χ0v) is 26.1. The summed E-state index contributed by atoms with van der Waals surface area (Å²) in [6, 6.07) is 43.5. The minimum Gasteiger partial charge on any atom is -0.456 e. The van der Waals surface area contributed by atoms with Gasteiger partial charge in [-0.25, -0.2) is 0 Å². The van der Waals surface area contributed by atoms with Crippen molar-refractivity contribution in [1.29, 1.82) is 0 Å². The fourth-order valence-electron chi connectivity index (χ4n) is 6.65. The van der Waals surface area contributed by atoms with E-state index in [2.05, 4.69) is 168 Å². The van der Waals surface area contributed by atoms with Crippen LogP contribution in [0.15, 0.2) is 168 Å². The first-order valence-corrected chi connectivity index (χ1v) is 16.1. The van der Waals surface area contributed by atoms with Crippen LogP contribution < -0.4 is 10.6 Å². The third-order valence-corrected chi connectivity index (χ3v) is 8.87. The van der Waals surface area contributed by atoms with Crippen molar-refractivity contribution < 1.29 is 4.42 Å². The highest BCUT2D eigenvalue weighted by molar-refractivity contribution is 6.13. The molecule has 226 valence electrons. The molecule has 0 saturated carbocycles. The van der Waals surface area contributed by atoms with E-state index in [1.807, 2.05) is 0 Å². The Balaban J connectivity index is 0.00000166. The van der Waals surface area contributed by atoms with Crippen LogP contribution in [-0.2, 0) is 0 Å². The van der Waals surface area contributed by atoms with Crippen molar-refractivity contribution in [2.45, 2.75) is 25.2 Å². The van der Waals surface area contributed by atoms with E-state index in [-0.39, 0.29) is 0 Å². The molecule has 0 amide bonds. The molecule has 0 aliphatic heterocycles. The van der Waals surface area contributed by atoms with Gasteiger partial charge in [-0.1, -0.05) is 115 Å². The molecule has 6 aromatic rings. The minimum absolute atomic E-state index is 0.308. The van der Waals surface area contributed by atoms with Crippen molar-refractivity contribution in [3.8, 4) is 11.1 Å². The molecule has 1 unspecified atom stereocenters. The van der Waals surface area contributed by atoms with Crippen LogP contribution in [0.4, 0.5) is 11.4 Å². The Bertz CT molecular complexity index is 2080. The lowest BCUT2D eigenvalue weighted by Gasteiger charge is -2.30. The second-order valence-corrected chi connectivity index (χ2v) is 11.6. The van der Waals surface area contributed by atoms with Gasteiger partial charge in [0.1, 0.15) is 11.2 Å². The summed E-state index contributed by atoms with van der Waals surface area (Å²) >= 11 is 0. The van der Waals surface area contributed by atoms with Crippen LogP contribution in [-0.4, -0.2) is 7.05 Å². The smallest absolute Gasteiger partial charge is 0.137 e. The number of furan rings is 1. The van der Waals surface area contributed by atoms with Crippen molar-refractivity contribution >= 4 is 38.9 Å². The topological polar surface area (TPSA) is 42.4 Å². The number of nitrogens with zero attached hydrogens (tertiary/aromatic N) is 1. The highest BCUT2D eigenvalue weighted by Gasteiger charge is 2.23. The Morgan fingerprint density at radius 3 is 2.22 bits per heavy atom. The predicted octanol–water partition coefficient (Wildman–Crippen LogP) is 11.3. The van der Waals surface area contributed by atoms with Crippen LogP contribution >= 0.6 is 0 Å².